The van der Waals surface area contributed by atoms with Gasteiger partial charge in [-0.2, -0.15) is 0 Å². The molecule has 0 aliphatic rings. The fraction of sp³-hybridized carbons (Fsp3) is 0.794. The Morgan fingerprint density at radius 1 is 0.304 bits per heavy atom. The van der Waals surface area contributed by atoms with Gasteiger partial charge in [0.25, 0.3) is 0 Å². The summed E-state index contributed by atoms with van der Waals surface area (Å²) >= 11 is 0. The molecule has 0 spiro atoms. The van der Waals surface area contributed by atoms with Crippen molar-refractivity contribution in [3.8, 4) is 0 Å². The van der Waals surface area contributed by atoms with Crippen LogP contribution in [0.4, 0.5) is 0 Å². The van der Waals surface area contributed by atoms with Crippen LogP contribution in [0.25, 0.3) is 0 Å². The topological polar surface area (TPSA) is 78.9 Å². The third-order valence-electron chi connectivity index (χ3n) is 13.1. The molecule has 6 heteroatoms. The van der Waals surface area contributed by atoms with Crippen molar-refractivity contribution < 1.29 is 28.6 Å². The number of allylic oxidation sites excluding steroid dienone is 10. The van der Waals surface area contributed by atoms with E-state index in [1.807, 2.05) is 30.4 Å². The number of rotatable bonds is 54. The Morgan fingerprint density at radius 2 is 0.580 bits per heavy atom. The molecule has 0 aromatic carbocycles. The number of carbonyl (C=O) groups excluding carboxylic acids is 3. The van der Waals surface area contributed by atoms with E-state index in [1.54, 1.807) is 0 Å². The van der Waals surface area contributed by atoms with Crippen molar-refractivity contribution >= 4 is 17.9 Å². The fourth-order valence-corrected chi connectivity index (χ4v) is 8.63. The largest absolute Gasteiger partial charge is 0.462 e. The molecule has 0 aliphatic heterocycles. The lowest BCUT2D eigenvalue weighted by atomic mass is 10.0. The molecule has 1 unspecified atom stereocenters. The molecule has 6 nitrogen and oxygen atoms in total. The molecule has 1 atom stereocenters. The predicted molar refractivity (Wildman–Crippen MR) is 298 cm³/mol. The van der Waals surface area contributed by atoms with Crippen molar-refractivity contribution in [1.29, 1.82) is 0 Å². The van der Waals surface area contributed by atoms with Gasteiger partial charge in [0.05, 0.1) is 0 Å². The standard InChI is InChI=1S/C63H112O6/c1-4-7-10-13-16-19-22-25-27-29-31-33-35-38-41-44-47-50-53-56-62(65)68-59-60(58-67-61(64)55-52-49-46-43-40-37-24-21-18-15-12-9-6-3)69-63(66)57-54-51-48-45-42-39-36-34-32-30-28-26-23-20-17-14-11-8-5-2/h9,12,15,18,21,24,29,31,37,40,60H,4-8,10-11,13-14,16-17,19-20,22-23,25-28,30,32-36,38-39,41-59H2,1-3H3/b12-9-,18-15-,24-21-,31-29-,40-37-. The molecule has 0 amide bonds. The van der Waals surface area contributed by atoms with E-state index in [2.05, 4.69) is 51.2 Å². The second-order valence-corrected chi connectivity index (χ2v) is 20.0. The van der Waals surface area contributed by atoms with Gasteiger partial charge in [0.2, 0.25) is 0 Å². The Kier molecular flexibility index (Phi) is 55.3. The zero-order valence-corrected chi connectivity index (χ0v) is 45.8. The van der Waals surface area contributed by atoms with E-state index in [0.717, 1.165) is 70.6 Å². The van der Waals surface area contributed by atoms with Crippen molar-refractivity contribution in [2.45, 2.75) is 309 Å². The quantitative estimate of drug-likeness (QED) is 0.0199. The molecule has 0 fully saturated rings. The Labute approximate surface area is 428 Å². The number of hydrogen-bond donors (Lipinski definition) is 0. The minimum absolute atomic E-state index is 0.0867. The van der Waals surface area contributed by atoms with Crippen LogP contribution in [0, 0.1) is 0 Å². The van der Waals surface area contributed by atoms with Crippen molar-refractivity contribution in [2.75, 3.05) is 13.2 Å². The molecule has 0 radical (unpaired) electrons. The minimum atomic E-state index is -0.790. The van der Waals surface area contributed by atoms with Crippen LogP contribution in [0.5, 0.6) is 0 Å². The summed E-state index contributed by atoms with van der Waals surface area (Å²) in [6.45, 7) is 6.50. The molecular formula is C63H112O6. The maximum Gasteiger partial charge on any atom is 0.306 e. The molecule has 0 aromatic rings. The highest BCUT2D eigenvalue weighted by molar-refractivity contribution is 5.71. The third kappa shape index (κ3) is 55.9. The first-order valence-electron chi connectivity index (χ1n) is 29.8. The number of unbranched alkanes of at least 4 members (excludes halogenated alkanes) is 36. The molecule has 0 saturated carbocycles. The predicted octanol–water partition coefficient (Wildman–Crippen LogP) is 20.0. The molecule has 0 bridgehead atoms. The monoisotopic (exact) mass is 965 g/mol. The molecule has 0 aromatic heterocycles. The van der Waals surface area contributed by atoms with Crippen LogP contribution in [-0.4, -0.2) is 37.2 Å². The molecule has 400 valence electrons. The fourth-order valence-electron chi connectivity index (χ4n) is 8.63. The van der Waals surface area contributed by atoms with Gasteiger partial charge in [-0.3, -0.25) is 14.4 Å². The van der Waals surface area contributed by atoms with Gasteiger partial charge in [-0.1, -0.05) is 281 Å². The molecule has 0 N–H and O–H groups in total. The van der Waals surface area contributed by atoms with E-state index >= 15 is 0 Å². The molecule has 69 heavy (non-hydrogen) atoms. The van der Waals surface area contributed by atoms with Gasteiger partial charge >= 0.3 is 17.9 Å². The summed E-state index contributed by atoms with van der Waals surface area (Å²) in [4.78, 5) is 38.2. The highest BCUT2D eigenvalue weighted by Gasteiger charge is 2.19. The van der Waals surface area contributed by atoms with Crippen molar-refractivity contribution in [3.63, 3.8) is 0 Å². The number of hydrogen-bond acceptors (Lipinski definition) is 6. The summed E-state index contributed by atoms with van der Waals surface area (Å²) in [5.74, 6) is -0.916. The molecule has 0 rings (SSSR count). The summed E-state index contributed by atoms with van der Waals surface area (Å²) in [5.41, 5.74) is 0. The summed E-state index contributed by atoms with van der Waals surface area (Å²) in [7, 11) is 0. The lowest BCUT2D eigenvalue weighted by molar-refractivity contribution is -0.167. The Hall–Kier alpha value is -2.89. The summed E-state index contributed by atoms with van der Waals surface area (Å²) < 4.78 is 16.9. The summed E-state index contributed by atoms with van der Waals surface area (Å²) in [5, 5.41) is 0. The molecule has 0 saturated heterocycles. The van der Waals surface area contributed by atoms with Crippen LogP contribution in [0.2, 0.25) is 0 Å². The van der Waals surface area contributed by atoms with Gasteiger partial charge in [0.1, 0.15) is 13.2 Å². The van der Waals surface area contributed by atoms with E-state index in [4.69, 9.17) is 14.2 Å². The zero-order chi connectivity index (χ0) is 50.0. The van der Waals surface area contributed by atoms with Gasteiger partial charge in [-0.15, -0.1) is 0 Å². The second kappa shape index (κ2) is 57.7. The summed E-state index contributed by atoms with van der Waals surface area (Å²) in [6, 6.07) is 0. The van der Waals surface area contributed by atoms with Gasteiger partial charge < -0.3 is 14.2 Å². The zero-order valence-electron chi connectivity index (χ0n) is 45.8. The van der Waals surface area contributed by atoms with Gasteiger partial charge in [-0.05, 0) is 64.2 Å². The lowest BCUT2D eigenvalue weighted by Crippen LogP contribution is -2.30. The SMILES string of the molecule is CC\C=C/C=C\C=C/C=C\CCCCCC(=O)OCC(COC(=O)CCCCCCCCC/C=C\CCCCCCCCCC)OC(=O)CCCCCCCCCCCCCCCCCCCCC. The Morgan fingerprint density at radius 3 is 0.942 bits per heavy atom. The third-order valence-corrected chi connectivity index (χ3v) is 13.1. The molecule has 0 aliphatic carbocycles. The van der Waals surface area contributed by atoms with Gasteiger partial charge in [-0.25, -0.2) is 0 Å². The average molecular weight is 966 g/mol. The lowest BCUT2D eigenvalue weighted by Gasteiger charge is -2.18. The first kappa shape index (κ1) is 66.1. The molecular weight excluding hydrogens is 853 g/mol. The highest BCUT2D eigenvalue weighted by Crippen LogP contribution is 2.17. The Balaban J connectivity index is 4.36. The van der Waals surface area contributed by atoms with Crippen LogP contribution >= 0.6 is 0 Å². The first-order chi connectivity index (χ1) is 34.0. The summed E-state index contributed by atoms with van der Waals surface area (Å²) in [6.07, 6.45) is 72.2. The van der Waals surface area contributed by atoms with Crippen LogP contribution in [0.3, 0.4) is 0 Å². The van der Waals surface area contributed by atoms with Crippen LogP contribution in [-0.2, 0) is 28.6 Å². The van der Waals surface area contributed by atoms with Gasteiger partial charge in [0.15, 0.2) is 6.10 Å². The van der Waals surface area contributed by atoms with E-state index in [1.165, 1.54) is 193 Å². The van der Waals surface area contributed by atoms with E-state index < -0.39 is 6.10 Å². The van der Waals surface area contributed by atoms with Crippen LogP contribution in [0.15, 0.2) is 60.8 Å². The average Bonchev–Trinajstić information content (AvgIpc) is 3.35. The van der Waals surface area contributed by atoms with Crippen molar-refractivity contribution in [2.24, 2.45) is 0 Å². The maximum atomic E-state index is 12.9. The van der Waals surface area contributed by atoms with Crippen LogP contribution in [0.1, 0.15) is 303 Å². The van der Waals surface area contributed by atoms with E-state index in [9.17, 15) is 14.4 Å². The van der Waals surface area contributed by atoms with Gasteiger partial charge in [0, 0.05) is 19.3 Å². The maximum absolute atomic E-state index is 12.9. The normalized spacial score (nSPS) is 12.4. The van der Waals surface area contributed by atoms with Crippen molar-refractivity contribution in [3.05, 3.63) is 60.8 Å². The minimum Gasteiger partial charge on any atom is -0.462 e. The Bertz CT molecular complexity index is 1250. The number of ether oxygens (including phenoxy) is 3. The smallest absolute Gasteiger partial charge is 0.306 e. The van der Waals surface area contributed by atoms with Crippen molar-refractivity contribution in [1.82, 2.24) is 0 Å². The molecule has 0 heterocycles. The van der Waals surface area contributed by atoms with Crippen LogP contribution < -0.4 is 0 Å². The number of carbonyl (C=O) groups is 3. The van der Waals surface area contributed by atoms with E-state index in [0.29, 0.717) is 19.3 Å². The van der Waals surface area contributed by atoms with E-state index in [-0.39, 0.29) is 31.1 Å². The number of esters is 3. The second-order valence-electron chi connectivity index (χ2n) is 20.0. The highest BCUT2D eigenvalue weighted by atomic mass is 16.6. The first-order valence-corrected chi connectivity index (χ1v) is 29.8.